The largest absolute Gasteiger partial charge is 0.478 e. The second-order valence-corrected chi connectivity index (χ2v) is 7.21. The molecule has 0 radical (unpaired) electrons. The summed E-state index contributed by atoms with van der Waals surface area (Å²) in [4.78, 5) is 23.9. The number of carboxylic acid groups (broad SMARTS) is 1. The summed E-state index contributed by atoms with van der Waals surface area (Å²) in [5.74, 6) is -1.43. The van der Waals surface area contributed by atoms with Crippen LogP contribution in [0.3, 0.4) is 0 Å². The van der Waals surface area contributed by atoms with Crippen molar-refractivity contribution in [2.24, 2.45) is 0 Å². The van der Waals surface area contributed by atoms with E-state index in [4.69, 9.17) is 5.11 Å². The first kappa shape index (κ1) is 15.9. The van der Waals surface area contributed by atoms with Crippen LogP contribution in [0.15, 0.2) is 27.6 Å². The molecule has 2 rings (SSSR count). The van der Waals surface area contributed by atoms with Gasteiger partial charge in [-0.25, -0.2) is 13.2 Å². The third kappa shape index (κ3) is 3.25. The van der Waals surface area contributed by atoms with Crippen LogP contribution in [0, 0.1) is 0 Å². The quantitative estimate of drug-likeness (QED) is 0.802. The van der Waals surface area contributed by atoms with Crippen molar-refractivity contribution < 1.29 is 23.1 Å². The zero-order chi connectivity index (χ0) is 15.8. The summed E-state index contributed by atoms with van der Waals surface area (Å²) >= 11 is 3.05. The number of hydrogen-bond acceptors (Lipinski definition) is 4. The van der Waals surface area contributed by atoms with E-state index in [1.54, 1.807) is 7.05 Å². The Kier molecular flexibility index (Phi) is 4.35. The number of hydrogen-bond donors (Lipinski definition) is 2. The lowest BCUT2D eigenvalue weighted by atomic mass is 10.2. The Bertz CT molecular complexity index is 704. The van der Waals surface area contributed by atoms with Gasteiger partial charge in [-0.15, -0.1) is 0 Å². The highest BCUT2D eigenvalue weighted by Crippen LogP contribution is 2.24. The number of halogens is 1. The van der Waals surface area contributed by atoms with Crippen LogP contribution in [0.25, 0.3) is 0 Å². The molecule has 0 aromatic heterocycles. The maximum Gasteiger partial charge on any atom is 0.335 e. The highest BCUT2D eigenvalue weighted by molar-refractivity contribution is 9.10. The van der Waals surface area contributed by atoms with Gasteiger partial charge in [0, 0.05) is 18.1 Å². The average Bonchev–Trinajstić information content (AvgIpc) is 2.69. The first-order valence-electron chi connectivity index (χ1n) is 6.02. The maximum atomic E-state index is 12.3. The molecule has 114 valence electrons. The molecule has 0 saturated carbocycles. The Morgan fingerprint density at radius 1 is 1.48 bits per heavy atom. The van der Waals surface area contributed by atoms with Crippen LogP contribution < -0.4 is 4.72 Å². The third-order valence-electron chi connectivity index (χ3n) is 3.19. The molecule has 1 aromatic rings. The molecule has 1 aromatic carbocycles. The first-order valence-corrected chi connectivity index (χ1v) is 8.30. The van der Waals surface area contributed by atoms with Crippen LogP contribution in [0.5, 0.6) is 0 Å². The molecule has 1 fully saturated rings. The third-order valence-corrected chi connectivity index (χ3v) is 5.64. The van der Waals surface area contributed by atoms with E-state index in [9.17, 15) is 18.0 Å². The van der Waals surface area contributed by atoms with Gasteiger partial charge in [0.2, 0.25) is 15.9 Å². The van der Waals surface area contributed by atoms with Crippen molar-refractivity contribution in [3.63, 3.8) is 0 Å². The van der Waals surface area contributed by atoms with Crippen LogP contribution in [-0.2, 0) is 14.8 Å². The molecule has 0 bridgehead atoms. The number of nitrogens with zero attached hydrogens (tertiary/aromatic N) is 1. The van der Waals surface area contributed by atoms with Crippen molar-refractivity contribution >= 4 is 37.8 Å². The molecule has 1 amide bonds. The molecule has 7 nitrogen and oxygen atoms in total. The number of carboxylic acids is 1. The molecule has 9 heteroatoms. The lowest BCUT2D eigenvalue weighted by Gasteiger charge is -2.13. The number of amides is 1. The minimum Gasteiger partial charge on any atom is -0.478 e. The number of benzene rings is 1. The molecule has 1 atom stereocenters. The van der Waals surface area contributed by atoms with Crippen molar-refractivity contribution in [3.05, 3.63) is 28.2 Å². The van der Waals surface area contributed by atoms with Gasteiger partial charge < -0.3 is 10.0 Å². The van der Waals surface area contributed by atoms with Crippen LogP contribution in [-0.4, -0.2) is 49.9 Å². The maximum absolute atomic E-state index is 12.3. The van der Waals surface area contributed by atoms with E-state index >= 15 is 0 Å². The number of likely N-dealkylation sites (N-methyl/N-ethyl adjacent to an activating group) is 1. The lowest BCUT2D eigenvalue weighted by Crippen LogP contribution is -2.40. The number of aromatic carboxylic acids is 1. The molecule has 21 heavy (non-hydrogen) atoms. The molecule has 1 unspecified atom stereocenters. The summed E-state index contributed by atoms with van der Waals surface area (Å²) < 4.78 is 27.0. The van der Waals surface area contributed by atoms with Gasteiger partial charge in [0.05, 0.1) is 10.5 Å². The summed E-state index contributed by atoms with van der Waals surface area (Å²) in [7, 11) is -2.31. The summed E-state index contributed by atoms with van der Waals surface area (Å²) in [6, 6.07) is 2.81. The minimum atomic E-state index is -3.91. The van der Waals surface area contributed by atoms with Gasteiger partial charge in [-0.2, -0.15) is 4.72 Å². The number of nitrogens with one attached hydrogen (secondary N) is 1. The minimum absolute atomic E-state index is 0.0301. The highest BCUT2D eigenvalue weighted by Gasteiger charge is 2.33. The number of sulfonamides is 1. The fraction of sp³-hybridized carbons (Fsp3) is 0.333. The van der Waals surface area contributed by atoms with E-state index in [0.29, 0.717) is 13.0 Å². The topological polar surface area (TPSA) is 104 Å². The average molecular weight is 377 g/mol. The van der Waals surface area contributed by atoms with E-state index in [2.05, 4.69) is 20.7 Å². The predicted molar refractivity (Wildman–Crippen MR) is 77.5 cm³/mol. The van der Waals surface area contributed by atoms with E-state index in [-0.39, 0.29) is 20.8 Å². The molecular weight excluding hydrogens is 364 g/mol. The Labute approximate surface area is 130 Å². The Balaban J connectivity index is 2.28. The van der Waals surface area contributed by atoms with Crippen LogP contribution in [0.2, 0.25) is 0 Å². The summed E-state index contributed by atoms with van der Waals surface area (Å²) in [6.45, 7) is 0.491. The van der Waals surface area contributed by atoms with E-state index < -0.39 is 22.0 Å². The molecule has 2 N–H and O–H groups in total. The molecular formula is C12H13BrN2O5S. The van der Waals surface area contributed by atoms with Crippen molar-refractivity contribution in [1.82, 2.24) is 9.62 Å². The van der Waals surface area contributed by atoms with Gasteiger partial charge in [-0.05, 0) is 40.5 Å². The first-order chi connectivity index (χ1) is 9.72. The van der Waals surface area contributed by atoms with E-state index in [1.807, 2.05) is 0 Å². The van der Waals surface area contributed by atoms with Gasteiger partial charge >= 0.3 is 5.97 Å². The van der Waals surface area contributed by atoms with Crippen molar-refractivity contribution in [2.75, 3.05) is 13.6 Å². The normalized spacial score (nSPS) is 19.0. The van der Waals surface area contributed by atoms with E-state index in [1.165, 1.54) is 23.1 Å². The second-order valence-electron chi connectivity index (χ2n) is 4.67. The zero-order valence-corrected chi connectivity index (χ0v) is 13.4. The monoisotopic (exact) mass is 376 g/mol. The molecule has 1 saturated heterocycles. The smallest absolute Gasteiger partial charge is 0.335 e. The number of carbonyl (C=O) groups is 2. The van der Waals surface area contributed by atoms with Gasteiger partial charge in [0.25, 0.3) is 0 Å². The van der Waals surface area contributed by atoms with Crippen molar-refractivity contribution in [2.45, 2.75) is 17.4 Å². The van der Waals surface area contributed by atoms with Crippen molar-refractivity contribution in [1.29, 1.82) is 0 Å². The summed E-state index contributed by atoms with van der Waals surface area (Å²) in [5, 5.41) is 8.86. The summed E-state index contributed by atoms with van der Waals surface area (Å²) in [5.41, 5.74) is -0.0301. The predicted octanol–water partition coefficient (Wildman–Crippen LogP) is 0.656. The number of likely N-dealkylation sites (tertiary alicyclic amines) is 1. The Morgan fingerprint density at radius 2 is 2.14 bits per heavy atom. The van der Waals surface area contributed by atoms with Crippen LogP contribution >= 0.6 is 15.9 Å². The lowest BCUT2D eigenvalue weighted by molar-refractivity contribution is -0.127. The number of rotatable bonds is 4. The van der Waals surface area contributed by atoms with Gasteiger partial charge in [-0.3, -0.25) is 4.79 Å². The van der Waals surface area contributed by atoms with Crippen molar-refractivity contribution in [3.8, 4) is 0 Å². The molecule has 1 heterocycles. The molecule has 0 aliphatic carbocycles. The highest BCUT2D eigenvalue weighted by atomic mass is 79.9. The standard InChI is InChI=1S/C12H13BrN2O5S/c1-15-5-4-9(11(15)16)14-21(19,20)10-3-2-7(12(17)18)6-8(10)13/h2-3,6,9,14H,4-5H2,1H3,(H,17,18). The summed E-state index contributed by atoms with van der Waals surface area (Å²) in [6.07, 6.45) is 0.402. The Hall–Kier alpha value is -1.45. The fourth-order valence-electron chi connectivity index (χ4n) is 2.03. The van der Waals surface area contributed by atoms with Gasteiger partial charge in [-0.1, -0.05) is 0 Å². The van der Waals surface area contributed by atoms with E-state index in [0.717, 1.165) is 0 Å². The SMILES string of the molecule is CN1CCC(NS(=O)(=O)c2ccc(C(=O)O)cc2Br)C1=O. The second kappa shape index (κ2) is 5.74. The van der Waals surface area contributed by atoms with Crippen LogP contribution in [0.4, 0.5) is 0 Å². The molecule has 1 aliphatic heterocycles. The zero-order valence-electron chi connectivity index (χ0n) is 11.0. The number of carbonyl (C=O) groups excluding carboxylic acids is 1. The Morgan fingerprint density at radius 3 is 2.62 bits per heavy atom. The fourth-order valence-corrected chi connectivity index (χ4v) is 4.34. The van der Waals surface area contributed by atoms with Gasteiger partial charge in [0.15, 0.2) is 0 Å². The molecule has 0 spiro atoms. The van der Waals surface area contributed by atoms with Gasteiger partial charge in [0.1, 0.15) is 6.04 Å². The van der Waals surface area contributed by atoms with Crippen LogP contribution in [0.1, 0.15) is 16.8 Å². The molecule has 1 aliphatic rings.